The number of rotatable bonds is 9. The minimum Gasteiger partial charge on any atom is -0.378 e. The lowest BCUT2D eigenvalue weighted by Crippen LogP contribution is -2.66. The van der Waals surface area contributed by atoms with Gasteiger partial charge in [-0.3, -0.25) is 4.79 Å². The number of aliphatic imine (C=N–C) groups is 1. The zero-order valence-electron chi connectivity index (χ0n) is 18.1. The van der Waals surface area contributed by atoms with E-state index in [0.29, 0.717) is 12.0 Å². The monoisotopic (exact) mass is 510 g/mol. The molecular formula is C20H39IN4O3. The van der Waals surface area contributed by atoms with Crippen molar-refractivity contribution in [3.05, 3.63) is 0 Å². The first kappa shape index (κ1) is 25.4. The summed E-state index contributed by atoms with van der Waals surface area (Å²) < 4.78 is 11.7. The van der Waals surface area contributed by atoms with Crippen LogP contribution in [0.4, 0.5) is 0 Å². The highest BCUT2D eigenvalue weighted by Gasteiger charge is 2.53. The average molecular weight is 510 g/mol. The lowest BCUT2D eigenvalue weighted by molar-refractivity contribution is -0.133. The molecule has 1 amide bonds. The molecule has 1 heterocycles. The van der Waals surface area contributed by atoms with Gasteiger partial charge in [-0.2, -0.15) is 0 Å². The maximum absolute atomic E-state index is 12.0. The molecule has 0 spiro atoms. The van der Waals surface area contributed by atoms with Crippen molar-refractivity contribution in [1.82, 2.24) is 15.5 Å². The van der Waals surface area contributed by atoms with Crippen LogP contribution in [0.1, 0.15) is 52.9 Å². The number of nitrogens with one attached hydrogen (secondary N) is 2. The van der Waals surface area contributed by atoms with Crippen molar-refractivity contribution in [2.24, 2.45) is 10.4 Å². The van der Waals surface area contributed by atoms with Crippen molar-refractivity contribution in [2.45, 2.75) is 71.1 Å². The molecule has 0 aromatic carbocycles. The summed E-state index contributed by atoms with van der Waals surface area (Å²) in [4.78, 5) is 18.1. The number of hydrogen-bond acceptors (Lipinski definition) is 4. The predicted octanol–water partition coefficient (Wildman–Crippen LogP) is 2.39. The van der Waals surface area contributed by atoms with Gasteiger partial charge in [-0.25, -0.2) is 4.99 Å². The van der Waals surface area contributed by atoms with Crippen molar-refractivity contribution in [3.63, 3.8) is 0 Å². The largest absolute Gasteiger partial charge is 0.378 e. The van der Waals surface area contributed by atoms with Gasteiger partial charge >= 0.3 is 0 Å². The number of ether oxygens (including phenoxy) is 2. The van der Waals surface area contributed by atoms with E-state index in [1.165, 1.54) is 0 Å². The SMILES string of the molecule is CCOC1CC(NC(=NCC(=O)N(C)C)NCC2CCCO2)C1(CC)CC.I. The number of guanidine groups is 1. The molecular weight excluding hydrogens is 471 g/mol. The maximum Gasteiger partial charge on any atom is 0.243 e. The smallest absolute Gasteiger partial charge is 0.243 e. The van der Waals surface area contributed by atoms with Crippen LogP contribution >= 0.6 is 24.0 Å². The molecule has 164 valence electrons. The summed E-state index contributed by atoms with van der Waals surface area (Å²) in [5.74, 6) is 0.693. The van der Waals surface area contributed by atoms with Gasteiger partial charge in [-0.05, 0) is 39.0 Å². The van der Waals surface area contributed by atoms with Crippen molar-refractivity contribution in [1.29, 1.82) is 0 Å². The predicted molar refractivity (Wildman–Crippen MR) is 123 cm³/mol. The van der Waals surface area contributed by atoms with Gasteiger partial charge < -0.3 is 25.0 Å². The van der Waals surface area contributed by atoms with Crippen molar-refractivity contribution >= 4 is 35.8 Å². The highest BCUT2D eigenvalue weighted by atomic mass is 127. The van der Waals surface area contributed by atoms with Crippen LogP contribution < -0.4 is 10.6 Å². The third kappa shape index (κ3) is 6.19. The summed E-state index contributed by atoms with van der Waals surface area (Å²) in [7, 11) is 3.51. The molecule has 2 fully saturated rings. The normalized spacial score (nSPS) is 26.2. The molecule has 1 saturated heterocycles. The van der Waals surface area contributed by atoms with E-state index < -0.39 is 0 Å². The van der Waals surface area contributed by atoms with E-state index >= 15 is 0 Å². The van der Waals surface area contributed by atoms with Crippen LogP contribution in [0.2, 0.25) is 0 Å². The minimum atomic E-state index is -0.00809. The van der Waals surface area contributed by atoms with Crippen molar-refractivity contribution in [3.8, 4) is 0 Å². The number of hydrogen-bond donors (Lipinski definition) is 2. The molecule has 28 heavy (non-hydrogen) atoms. The topological polar surface area (TPSA) is 75.2 Å². The van der Waals surface area contributed by atoms with Crippen LogP contribution in [-0.2, 0) is 14.3 Å². The molecule has 2 rings (SSSR count). The molecule has 2 N–H and O–H groups in total. The van der Waals surface area contributed by atoms with E-state index in [0.717, 1.165) is 51.9 Å². The van der Waals surface area contributed by atoms with Crippen LogP contribution in [0.3, 0.4) is 0 Å². The summed E-state index contributed by atoms with van der Waals surface area (Å²) >= 11 is 0. The second kappa shape index (κ2) is 12.2. The molecule has 0 radical (unpaired) electrons. The maximum atomic E-state index is 12.0. The van der Waals surface area contributed by atoms with Crippen molar-refractivity contribution < 1.29 is 14.3 Å². The van der Waals surface area contributed by atoms with Gasteiger partial charge in [0.2, 0.25) is 5.91 Å². The van der Waals surface area contributed by atoms with Gasteiger partial charge in [0.25, 0.3) is 0 Å². The molecule has 3 atom stereocenters. The first-order chi connectivity index (χ1) is 13.0. The number of halogens is 1. The Kier molecular flexibility index (Phi) is 11.1. The third-order valence-corrected chi connectivity index (χ3v) is 6.17. The molecule has 0 bridgehead atoms. The fourth-order valence-corrected chi connectivity index (χ4v) is 4.20. The molecule has 7 nitrogen and oxygen atoms in total. The minimum absolute atomic E-state index is 0. The van der Waals surface area contributed by atoms with E-state index in [4.69, 9.17) is 9.47 Å². The number of amides is 1. The van der Waals surface area contributed by atoms with Crippen molar-refractivity contribution in [2.75, 3.05) is 40.4 Å². The fourth-order valence-electron chi connectivity index (χ4n) is 4.20. The van der Waals surface area contributed by atoms with E-state index in [1.54, 1.807) is 19.0 Å². The molecule has 1 aliphatic heterocycles. The Morgan fingerprint density at radius 3 is 2.54 bits per heavy atom. The van der Waals surface area contributed by atoms with Gasteiger partial charge in [-0.15, -0.1) is 24.0 Å². The van der Waals surface area contributed by atoms with E-state index in [-0.39, 0.29) is 54.1 Å². The second-order valence-corrected chi connectivity index (χ2v) is 7.79. The Morgan fingerprint density at radius 1 is 1.29 bits per heavy atom. The van der Waals surface area contributed by atoms with Gasteiger partial charge in [-0.1, -0.05) is 13.8 Å². The van der Waals surface area contributed by atoms with Gasteiger partial charge in [0.15, 0.2) is 5.96 Å². The summed E-state index contributed by atoms with van der Waals surface area (Å²) in [6.07, 6.45) is 5.78. The van der Waals surface area contributed by atoms with Crippen LogP contribution in [0.5, 0.6) is 0 Å². The number of carbonyl (C=O) groups is 1. The second-order valence-electron chi connectivity index (χ2n) is 7.79. The molecule has 0 aromatic rings. The molecule has 0 aromatic heterocycles. The lowest BCUT2D eigenvalue weighted by Gasteiger charge is -2.55. The summed E-state index contributed by atoms with van der Waals surface area (Å²) in [5.41, 5.74) is 0.119. The highest BCUT2D eigenvalue weighted by molar-refractivity contribution is 14.0. The van der Waals surface area contributed by atoms with E-state index in [2.05, 4.69) is 36.4 Å². The third-order valence-electron chi connectivity index (χ3n) is 6.17. The highest BCUT2D eigenvalue weighted by Crippen LogP contribution is 2.48. The Hall–Kier alpha value is -0.610. The van der Waals surface area contributed by atoms with Gasteiger partial charge in [0.1, 0.15) is 6.54 Å². The quantitative estimate of drug-likeness (QED) is 0.283. The summed E-state index contributed by atoms with van der Waals surface area (Å²) in [6, 6.07) is 0.300. The standard InChI is InChI=1S/C20H38N4O3.HI/c1-6-20(7-2)16(12-17(20)26-8-3)23-19(22-14-18(25)24(4)5)21-13-15-10-9-11-27-15;/h15-17H,6-14H2,1-5H3,(H2,21,22,23);1H. The van der Waals surface area contributed by atoms with E-state index in [1.807, 2.05) is 0 Å². The Morgan fingerprint density at radius 2 is 2.00 bits per heavy atom. The molecule has 1 aliphatic carbocycles. The molecule has 1 saturated carbocycles. The molecule has 8 heteroatoms. The number of nitrogens with zero attached hydrogens (tertiary/aromatic N) is 2. The van der Waals surface area contributed by atoms with Crippen LogP contribution in [-0.4, -0.2) is 75.4 Å². The average Bonchev–Trinajstić information content (AvgIpc) is 3.16. The Bertz CT molecular complexity index is 506. The number of likely N-dealkylation sites (N-methyl/N-ethyl adjacent to an activating group) is 1. The van der Waals surface area contributed by atoms with Gasteiger partial charge in [0, 0.05) is 45.3 Å². The van der Waals surface area contributed by atoms with Gasteiger partial charge in [0.05, 0.1) is 12.2 Å². The molecule has 3 unspecified atom stereocenters. The Labute approximate surface area is 187 Å². The van der Waals surface area contributed by atoms with Crippen LogP contribution in [0.25, 0.3) is 0 Å². The Balaban J connectivity index is 0.00000392. The van der Waals surface area contributed by atoms with E-state index in [9.17, 15) is 4.79 Å². The summed E-state index contributed by atoms with van der Waals surface area (Å²) in [5, 5.41) is 6.98. The fraction of sp³-hybridized carbons (Fsp3) is 0.900. The van der Waals surface area contributed by atoms with Crippen LogP contribution in [0.15, 0.2) is 4.99 Å². The van der Waals surface area contributed by atoms with Crippen LogP contribution in [0, 0.1) is 5.41 Å². The summed E-state index contributed by atoms with van der Waals surface area (Å²) in [6.45, 7) is 8.95. The first-order valence-corrected chi connectivity index (χ1v) is 10.4. The number of carbonyl (C=O) groups excluding carboxylic acids is 1. The zero-order chi connectivity index (χ0) is 19.9. The first-order valence-electron chi connectivity index (χ1n) is 10.4. The zero-order valence-corrected chi connectivity index (χ0v) is 20.5. The molecule has 2 aliphatic rings. The lowest BCUT2D eigenvalue weighted by atomic mass is 9.58.